The first-order chi connectivity index (χ1) is 7.50. The van der Waals surface area contributed by atoms with Gasteiger partial charge in [0.1, 0.15) is 6.61 Å². The van der Waals surface area contributed by atoms with Crippen LogP contribution in [0.4, 0.5) is 4.79 Å². The summed E-state index contributed by atoms with van der Waals surface area (Å²) in [5.74, 6) is -0.218. The van der Waals surface area contributed by atoms with Gasteiger partial charge in [0.15, 0.2) is 0 Å². The van der Waals surface area contributed by atoms with Gasteiger partial charge in [-0.25, -0.2) is 4.79 Å². The number of ether oxygens (including phenoxy) is 1. The first kappa shape index (κ1) is 13.5. The molecule has 0 aliphatic heterocycles. The lowest BCUT2D eigenvalue weighted by Gasteiger charge is -2.02. The Bertz CT molecular complexity index is 388. The Morgan fingerprint density at radius 1 is 1.50 bits per heavy atom. The summed E-state index contributed by atoms with van der Waals surface area (Å²) < 4.78 is 6.15. The highest BCUT2D eigenvalue weighted by molar-refractivity contribution is 9.13. The van der Waals surface area contributed by atoms with E-state index < -0.39 is 6.09 Å². The van der Waals surface area contributed by atoms with Crippen LogP contribution in [0.3, 0.4) is 0 Å². The first-order valence-corrected chi connectivity index (χ1v) is 6.56. The summed E-state index contributed by atoms with van der Waals surface area (Å²) in [6.07, 6.45) is -0.851. The fraction of sp³-hybridized carbons (Fsp3) is 0.250. The number of halogens is 2. The molecule has 3 N–H and O–H groups in total. The Hall–Kier alpha value is -0.600. The molecule has 1 aromatic rings. The molecule has 5 nitrogen and oxygen atoms in total. The van der Waals surface area contributed by atoms with Crippen LogP contribution in [-0.2, 0) is 4.74 Å². The molecule has 16 heavy (non-hydrogen) atoms. The lowest BCUT2D eigenvalue weighted by atomic mass is 10.4. The lowest BCUT2D eigenvalue weighted by Crippen LogP contribution is -2.28. The highest BCUT2D eigenvalue weighted by Gasteiger charge is 2.11. The van der Waals surface area contributed by atoms with Crippen LogP contribution in [0.25, 0.3) is 0 Å². The van der Waals surface area contributed by atoms with Gasteiger partial charge in [-0.1, -0.05) is 0 Å². The summed E-state index contributed by atoms with van der Waals surface area (Å²) in [6, 6.07) is 1.71. The Balaban J connectivity index is 2.38. The molecule has 88 valence electrons. The third kappa shape index (κ3) is 4.11. The maximum Gasteiger partial charge on any atom is 0.404 e. The number of carbonyl (C=O) groups excluding carboxylic acids is 2. The zero-order valence-electron chi connectivity index (χ0n) is 7.96. The van der Waals surface area contributed by atoms with Crippen molar-refractivity contribution < 1.29 is 14.3 Å². The number of hydrogen-bond acceptors (Lipinski definition) is 4. The normalized spacial score (nSPS) is 9.88. The van der Waals surface area contributed by atoms with E-state index in [1.165, 1.54) is 11.3 Å². The fourth-order valence-corrected chi connectivity index (χ4v) is 2.81. The van der Waals surface area contributed by atoms with Gasteiger partial charge in [0.25, 0.3) is 5.91 Å². The minimum Gasteiger partial charge on any atom is -0.448 e. The number of carbonyl (C=O) groups is 2. The highest BCUT2D eigenvalue weighted by atomic mass is 79.9. The molecule has 0 spiro atoms. The van der Waals surface area contributed by atoms with Crippen LogP contribution in [0.15, 0.2) is 14.3 Å². The van der Waals surface area contributed by atoms with Gasteiger partial charge in [0.2, 0.25) is 0 Å². The fourth-order valence-electron chi connectivity index (χ4n) is 0.862. The van der Waals surface area contributed by atoms with E-state index >= 15 is 0 Å². The SMILES string of the molecule is NC(=O)OCCNC(=O)c1cc(Br)c(Br)s1. The number of hydrogen-bond donors (Lipinski definition) is 2. The van der Waals surface area contributed by atoms with Gasteiger partial charge in [-0.3, -0.25) is 4.79 Å². The largest absolute Gasteiger partial charge is 0.448 e. The predicted octanol–water partition coefficient (Wildman–Crippen LogP) is 2.10. The van der Waals surface area contributed by atoms with Crippen molar-refractivity contribution in [1.29, 1.82) is 0 Å². The summed E-state index contributed by atoms with van der Waals surface area (Å²) >= 11 is 7.89. The summed E-state index contributed by atoms with van der Waals surface area (Å²) in [5, 5.41) is 2.59. The maximum atomic E-state index is 11.5. The van der Waals surface area contributed by atoms with Crippen molar-refractivity contribution in [3.8, 4) is 0 Å². The summed E-state index contributed by atoms with van der Waals surface area (Å²) in [7, 11) is 0. The van der Waals surface area contributed by atoms with E-state index in [4.69, 9.17) is 5.73 Å². The molecule has 0 aliphatic carbocycles. The average Bonchev–Trinajstić information content (AvgIpc) is 2.54. The smallest absolute Gasteiger partial charge is 0.404 e. The van der Waals surface area contributed by atoms with Crippen molar-refractivity contribution in [3.05, 3.63) is 19.2 Å². The quantitative estimate of drug-likeness (QED) is 0.795. The molecule has 0 saturated carbocycles. The summed E-state index contributed by atoms with van der Waals surface area (Å²) in [5.41, 5.74) is 4.76. The van der Waals surface area contributed by atoms with E-state index in [9.17, 15) is 9.59 Å². The third-order valence-electron chi connectivity index (χ3n) is 1.50. The number of rotatable bonds is 4. The molecular formula is C8H8Br2N2O3S. The van der Waals surface area contributed by atoms with Gasteiger partial charge in [-0.05, 0) is 37.9 Å². The maximum absolute atomic E-state index is 11.5. The lowest BCUT2D eigenvalue weighted by molar-refractivity contribution is 0.0941. The van der Waals surface area contributed by atoms with Gasteiger partial charge in [0.05, 0.1) is 15.2 Å². The van der Waals surface area contributed by atoms with E-state index in [0.29, 0.717) is 4.88 Å². The second-order valence-corrected chi connectivity index (χ2v) is 5.88. The molecular weight excluding hydrogens is 364 g/mol. The second-order valence-electron chi connectivity index (χ2n) is 2.66. The monoisotopic (exact) mass is 370 g/mol. The number of amides is 2. The molecule has 8 heteroatoms. The molecule has 1 aromatic heterocycles. The van der Waals surface area contributed by atoms with Crippen LogP contribution in [-0.4, -0.2) is 25.2 Å². The highest BCUT2D eigenvalue weighted by Crippen LogP contribution is 2.32. The standard InChI is InChI=1S/C8H8Br2N2O3S/c9-4-3-5(16-6(4)10)7(13)12-1-2-15-8(11)14/h3H,1-2H2,(H2,11,14)(H,12,13). The van der Waals surface area contributed by atoms with Crippen molar-refractivity contribution >= 4 is 55.2 Å². The van der Waals surface area contributed by atoms with Crippen molar-refractivity contribution in [2.45, 2.75) is 0 Å². The topological polar surface area (TPSA) is 81.4 Å². The van der Waals surface area contributed by atoms with E-state index in [0.717, 1.165) is 8.26 Å². The van der Waals surface area contributed by atoms with E-state index in [1.54, 1.807) is 6.07 Å². The first-order valence-electron chi connectivity index (χ1n) is 4.16. The summed E-state index contributed by atoms with van der Waals surface area (Å²) in [6.45, 7) is 0.295. The van der Waals surface area contributed by atoms with Gasteiger partial charge in [-0.15, -0.1) is 11.3 Å². The molecule has 0 aromatic carbocycles. The van der Waals surface area contributed by atoms with Crippen molar-refractivity contribution in [1.82, 2.24) is 5.32 Å². The van der Waals surface area contributed by atoms with E-state index in [2.05, 4.69) is 41.9 Å². The molecule has 0 bridgehead atoms. The molecule has 0 atom stereocenters. The van der Waals surface area contributed by atoms with E-state index in [1.807, 2.05) is 0 Å². The molecule has 0 aliphatic rings. The van der Waals surface area contributed by atoms with Crippen LogP contribution >= 0.6 is 43.2 Å². The minimum atomic E-state index is -0.851. The minimum absolute atomic E-state index is 0.0643. The van der Waals surface area contributed by atoms with Crippen LogP contribution in [0.1, 0.15) is 9.67 Å². The number of thiophene rings is 1. The average molecular weight is 372 g/mol. The van der Waals surface area contributed by atoms with Gasteiger partial charge in [-0.2, -0.15) is 0 Å². The van der Waals surface area contributed by atoms with Crippen LogP contribution in [0.2, 0.25) is 0 Å². The van der Waals surface area contributed by atoms with Crippen molar-refractivity contribution in [2.75, 3.05) is 13.2 Å². The van der Waals surface area contributed by atoms with Crippen molar-refractivity contribution in [3.63, 3.8) is 0 Å². The van der Waals surface area contributed by atoms with E-state index in [-0.39, 0.29) is 19.1 Å². The Labute approximate surface area is 113 Å². The van der Waals surface area contributed by atoms with Crippen LogP contribution in [0, 0.1) is 0 Å². The third-order valence-corrected chi connectivity index (χ3v) is 4.76. The Morgan fingerprint density at radius 2 is 2.19 bits per heavy atom. The second kappa shape index (κ2) is 6.21. The molecule has 0 saturated heterocycles. The predicted molar refractivity (Wildman–Crippen MR) is 67.6 cm³/mol. The molecule has 0 radical (unpaired) electrons. The summed E-state index contributed by atoms with van der Waals surface area (Å²) in [4.78, 5) is 22.3. The Morgan fingerprint density at radius 3 is 2.69 bits per heavy atom. The van der Waals surface area contributed by atoms with Crippen molar-refractivity contribution in [2.24, 2.45) is 5.73 Å². The number of nitrogens with two attached hydrogens (primary N) is 1. The zero-order valence-corrected chi connectivity index (χ0v) is 11.9. The van der Waals surface area contributed by atoms with Gasteiger partial charge < -0.3 is 15.8 Å². The molecule has 1 rings (SSSR count). The van der Waals surface area contributed by atoms with Crippen LogP contribution < -0.4 is 11.1 Å². The Kier molecular flexibility index (Phi) is 5.23. The van der Waals surface area contributed by atoms with Gasteiger partial charge in [0, 0.05) is 4.47 Å². The number of nitrogens with one attached hydrogen (secondary N) is 1. The molecule has 1 heterocycles. The van der Waals surface area contributed by atoms with Gasteiger partial charge >= 0.3 is 6.09 Å². The molecule has 0 fully saturated rings. The molecule has 2 amide bonds. The molecule has 0 unspecified atom stereocenters. The van der Waals surface area contributed by atoms with Crippen LogP contribution in [0.5, 0.6) is 0 Å². The number of primary amides is 1. The zero-order chi connectivity index (χ0) is 12.1.